The SMILES string of the molecule is CCOc1ccccc1Nc1cc(C(=O)Nc2ccccc2Cl)ncn1. The van der Waals surface area contributed by atoms with Gasteiger partial charge in [0.15, 0.2) is 0 Å². The van der Waals surface area contributed by atoms with Crippen molar-refractivity contribution in [2.75, 3.05) is 17.2 Å². The number of nitrogens with zero attached hydrogens (tertiary/aromatic N) is 2. The van der Waals surface area contributed by atoms with Crippen LogP contribution in [0.4, 0.5) is 17.2 Å². The Balaban J connectivity index is 1.78. The molecule has 0 aliphatic heterocycles. The summed E-state index contributed by atoms with van der Waals surface area (Å²) in [7, 11) is 0. The number of hydrogen-bond donors (Lipinski definition) is 2. The summed E-state index contributed by atoms with van der Waals surface area (Å²) in [6, 6.07) is 16.1. The number of hydrogen-bond acceptors (Lipinski definition) is 5. The maximum atomic E-state index is 12.4. The standard InChI is InChI=1S/C19H17ClN4O2/c1-2-26-17-10-6-5-9-15(17)23-18-11-16(21-12-22-18)19(25)24-14-8-4-3-7-13(14)20/h3-12H,2H2,1H3,(H,24,25)(H,21,22,23). The van der Waals surface area contributed by atoms with Gasteiger partial charge in [0.2, 0.25) is 0 Å². The predicted octanol–water partition coefficient (Wildman–Crippen LogP) is 4.52. The molecular weight excluding hydrogens is 352 g/mol. The summed E-state index contributed by atoms with van der Waals surface area (Å²) in [5.74, 6) is 0.814. The van der Waals surface area contributed by atoms with Crippen LogP contribution >= 0.6 is 11.6 Å². The van der Waals surface area contributed by atoms with Gasteiger partial charge in [-0.1, -0.05) is 35.9 Å². The number of nitrogens with one attached hydrogen (secondary N) is 2. The summed E-state index contributed by atoms with van der Waals surface area (Å²) in [6.07, 6.45) is 1.33. The van der Waals surface area contributed by atoms with Gasteiger partial charge in [0.1, 0.15) is 23.6 Å². The van der Waals surface area contributed by atoms with E-state index in [9.17, 15) is 4.79 Å². The van der Waals surface area contributed by atoms with Crippen LogP contribution in [0.15, 0.2) is 60.9 Å². The van der Waals surface area contributed by atoms with Gasteiger partial charge in [0, 0.05) is 6.07 Å². The first kappa shape index (κ1) is 17.7. The van der Waals surface area contributed by atoms with Crippen LogP contribution in [0.3, 0.4) is 0 Å². The Labute approximate surface area is 156 Å². The van der Waals surface area contributed by atoms with Gasteiger partial charge in [-0.05, 0) is 31.2 Å². The average Bonchev–Trinajstić information content (AvgIpc) is 2.66. The second kappa shape index (κ2) is 8.31. The first-order valence-corrected chi connectivity index (χ1v) is 8.42. The van der Waals surface area contributed by atoms with Gasteiger partial charge in [0.05, 0.1) is 23.0 Å². The Bertz CT molecular complexity index is 917. The first-order chi connectivity index (χ1) is 12.7. The maximum Gasteiger partial charge on any atom is 0.274 e. The molecule has 1 amide bonds. The zero-order valence-electron chi connectivity index (χ0n) is 14.1. The highest BCUT2D eigenvalue weighted by Crippen LogP contribution is 2.27. The van der Waals surface area contributed by atoms with E-state index in [1.54, 1.807) is 30.3 Å². The number of amides is 1. The molecule has 2 N–H and O–H groups in total. The van der Waals surface area contributed by atoms with Crippen LogP contribution in [0.1, 0.15) is 17.4 Å². The summed E-state index contributed by atoms with van der Waals surface area (Å²) in [4.78, 5) is 20.6. The average molecular weight is 369 g/mol. The molecule has 3 aromatic rings. The summed E-state index contributed by atoms with van der Waals surface area (Å²) >= 11 is 6.07. The Morgan fingerprint density at radius 3 is 2.58 bits per heavy atom. The minimum atomic E-state index is -0.373. The van der Waals surface area contributed by atoms with Crippen LogP contribution in [-0.4, -0.2) is 22.5 Å². The van der Waals surface area contributed by atoms with E-state index in [2.05, 4.69) is 20.6 Å². The minimum Gasteiger partial charge on any atom is -0.492 e. The Kier molecular flexibility index (Phi) is 5.66. The van der Waals surface area contributed by atoms with Gasteiger partial charge < -0.3 is 15.4 Å². The lowest BCUT2D eigenvalue weighted by Gasteiger charge is -2.12. The number of ether oxygens (including phenoxy) is 1. The number of para-hydroxylation sites is 3. The Morgan fingerprint density at radius 1 is 1.08 bits per heavy atom. The number of aromatic nitrogens is 2. The largest absolute Gasteiger partial charge is 0.492 e. The molecule has 0 saturated heterocycles. The van der Waals surface area contributed by atoms with Crippen molar-refractivity contribution in [3.63, 3.8) is 0 Å². The zero-order chi connectivity index (χ0) is 18.4. The third kappa shape index (κ3) is 4.29. The van der Waals surface area contributed by atoms with Gasteiger partial charge in [-0.15, -0.1) is 0 Å². The number of anilines is 3. The summed E-state index contributed by atoms with van der Waals surface area (Å²) in [6.45, 7) is 2.46. The van der Waals surface area contributed by atoms with Crippen molar-refractivity contribution >= 4 is 34.7 Å². The van der Waals surface area contributed by atoms with E-state index in [0.29, 0.717) is 28.9 Å². The molecule has 0 aliphatic carbocycles. The molecule has 132 valence electrons. The fourth-order valence-corrected chi connectivity index (χ4v) is 2.47. The molecule has 6 nitrogen and oxygen atoms in total. The zero-order valence-corrected chi connectivity index (χ0v) is 14.8. The third-order valence-corrected chi connectivity index (χ3v) is 3.80. The van der Waals surface area contributed by atoms with Crippen molar-refractivity contribution in [2.45, 2.75) is 6.92 Å². The number of rotatable bonds is 6. The van der Waals surface area contributed by atoms with E-state index in [1.165, 1.54) is 6.33 Å². The quantitative estimate of drug-likeness (QED) is 0.668. The Morgan fingerprint density at radius 2 is 1.81 bits per heavy atom. The second-order valence-electron chi connectivity index (χ2n) is 5.28. The van der Waals surface area contributed by atoms with Crippen molar-refractivity contribution < 1.29 is 9.53 Å². The van der Waals surface area contributed by atoms with Gasteiger partial charge in [0.25, 0.3) is 5.91 Å². The van der Waals surface area contributed by atoms with Crippen molar-refractivity contribution in [3.8, 4) is 5.75 Å². The van der Waals surface area contributed by atoms with Crippen molar-refractivity contribution in [2.24, 2.45) is 0 Å². The fourth-order valence-electron chi connectivity index (χ4n) is 2.29. The van der Waals surface area contributed by atoms with Crippen LogP contribution in [0.2, 0.25) is 5.02 Å². The molecule has 0 radical (unpaired) electrons. The van der Waals surface area contributed by atoms with Crippen molar-refractivity contribution in [3.05, 3.63) is 71.6 Å². The maximum absolute atomic E-state index is 12.4. The van der Waals surface area contributed by atoms with Gasteiger partial charge in [-0.3, -0.25) is 4.79 Å². The molecule has 26 heavy (non-hydrogen) atoms. The van der Waals surface area contributed by atoms with E-state index < -0.39 is 0 Å². The highest BCUT2D eigenvalue weighted by atomic mass is 35.5. The van der Waals surface area contributed by atoms with E-state index in [1.807, 2.05) is 31.2 Å². The summed E-state index contributed by atoms with van der Waals surface area (Å²) in [5.41, 5.74) is 1.50. The van der Waals surface area contributed by atoms with E-state index in [4.69, 9.17) is 16.3 Å². The first-order valence-electron chi connectivity index (χ1n) is 8.04. The van der Waals surface area contributed by atoms with Gasteiger partial charge in [-0.25, -0.2) is 9.97 Å². The van der Waals surface area contributed by atoms with E-state index >= 15 is 0 Å². The molecule has 2 aromatic carbocycles. The number of halogens is 1. The van der Waals surface area contributed by atoms with Crippen LogP contribution in [0, 0.1) is 0 Å². The van der Waals surface area contributed by atoms with Crippen LogP contribution in [-0.2, 0) is 0 Å². The molecule has 0 spiro atoms. The Hall–Kier alpha value is -3.12. The smallest absolute Gasteiger partial charge is 0.274 e. The van der Waals surface area contributed by atoms with Crippen LogP contribution < -0.4 is 15.4 Å². The van der Waals surface area contributed by atoms with Crippen LogP contribution in [0.5, 0.6) is 5.75 Å². The van der Waals surface area contributed by atoms with E-state index in [-0.39, 0.29) is 11.6 Å². The molecule has 0 bridgehead atoms. The van der Waals surface area contributed by atoms with Crippen molar-refractivity contribution in [1.82, 2.24) is 9.97 Å². The molecule has 0 unspecified atom stereocenters. The van der Waals surface area contributed by atoms with Gasteiger partial charge >= 0.3 is 0 Å². The monoisotopic (exact) mass is 368 g/mol. The third-order valence-electron chi connectivity index (χ3n) is 3.47. The second-order valence-corrected chi connectivity index (χ2v) is 5.68. The number of carbonyl (C=O) groups is 1. The lowest BCUT2D eigenvalue weighted by molar-refractivity contribution is 0.102. The highest BCUT2D eigenvalue weighted by Gasteiger charge is 2.12. The molecule has 0 fully saturated rings. The van der Waals surface area contributed by atoms with Gasteiger partial charge in [-0.2, -0.15) is 0 Å². The molecule has 1 heterocycles. The fraction of sp³-hybridized carbons (Fsp3) is 0.105. The number of carbonyl (C=O) groups excluding carboxylic acids is 1. The summed E-state index contributed by atoms with van der Waals surface area (Å²) in [5, 5.41) is 6.34. The molecule has 7 heteroatoms. The number of benzene rings is 2. The summed E-state index contributed by atoms with van der Waals surface area (Å²) < 4.78 is 5.58. The lowest BCUT2D eigenvalue weighted by atomic mass is 10.2. The molecule has 0 saturated carbocycles. The topological polar surface area (TPSA) is 76.1 Å². The molecule has 1 aromatic heterocycles. The molecule has 0 atom stereocenters. The van der Waals surface area contributed by atoms with Crippen LogP contribution in [0.25, 0.3) is 0 Å². The highest BCUT2D eigenvalue weighted by molar-refractivity contribution is 6.33. The normalized spacial score (nSPS) is 10.2. The minimum absolute atomic E-state index is 0.219. The molecule has 3 rings (SSSR count). The molecular formula is C19H17ClN4O2. The lowest BCUT2D eigenvalue weighted by Crippen LogP contribution is -2.14. The van der Waals surface area contributed by atoms with Crippen molar-refractivity contribution in [1.29, 1.82) is 0 Å². The predicted molar refractivity (Wildman–Crippen MR) is 102 cm³/mol. The van der Waals surface area contributed by atoms with E-state index in [0.717, 1.165) is 5.69 Å². The molecule has 0 aliphatic rings.